The molecule has 0 radical (unpaired) electrons. The molecule has 0 bridgehead atoms. The third-order valence-corrected chi connectivity index (χ3v) is 4.42. The zero-order valence-corrected chi connectivity index (χ0v) is 13.6. The molecule has 1 aromatic carbocycles. The van der Waals surface area contributed by atoms with Crippen molar-refractivity contribution in [3.63, 3.8) is 0 Å². The molecule has 1 atom stereocenters. The van der Waals surface area contributed by atoms with Crippen molar-refractivity contribution in [1.29, 1.82) is 0 Å². The Morgan fingerprint density at radius 2 is 2.13 bits per heavy atom. The summed E-state index contributed by atoms with van der Waals surface area (Å²) in [6.45, 7) is 2.94. The molecule has 1 aromatic heterocycles. The van der Waals surface area contributed by atoms with Gasteiger partial charge in [0.15, 0.2) is 0 Å². The normalized spacial score (nSPS) is 18.2. The number of amides is 1. The SMILES string of the molecule is Cn1nccc1CCC(=O)N[C@H]1CCN(Cc2ccccc2)C1. The molecule has 0 saturated carbocycles. The summed E-state index contributed by atoms with van der Waals surface area (Å²) in [5.41, 5.74) is 2.42. The quantitative estimate of drug-likeness (QED) is 0.884. The molecule has 2 aromatic rings. The van der Waals surface area contributed by atoms with E-state index in [4.69, 9.17) is 0 Å². The van der Waals surface area contributed by atoms with Crippen LogP contribution >= 0.6 is 0 Å². The largest absolute Gasteiger partial charge is 0.352 e. The molecule has 1 aliphatic heterocycles. The molecule has 122 valence electrons. The molecule has 0 spiro atoms. The summed E-state index contributed by atoms with van der Waals surface area (Å²) >= 11 is 0. The van der Waals surface area contributed by atoms with E-state index in [0.29, 0.717) is 6.42 Å². The number of nitrogens with one attached hydrogen (secondary N) is 1. The van der Waals surface area contributed by atoms with Crippen LogP contribution in [0, 0.1) is 0 Å². The highest BCUT2D eigenvalue weighted by Gasteiger charge is 2.23. The summed E-state index contributed by atoms with van der Waals surface area (Å²) in [5.74, 6) is 0.137. The van der Waals surface area contributed by atoms with E-state index in [-0.39, 0.29) is 11.9 Å². The Bertz CT molecular complexity index is 637. The standard InChI is InChI=1S/C18H24N4O/c1-21-17(9-11-19-21)7-8-18(23)20-16-10-12-22(14-16)13-15-5-3-2-4-6-15/h2-6,9,11,16H,7-8,10,12-14H2,1H3,(H,20,23)/t16-/m0/s1. The van der Waals surface area contributed by atoms with Crippen LogP contribution in [0.1, 0.15) is 24.1 Å². The van der Waals surface area contributed by atoms with Gasteiger partial charge >= 0.3 is 0 Å². The molecule has 1 amide bonds. The Morgan fingerprint density at radius 1 is 1.30 bits per heavy atom. The van der Waals surface area contributed by atoms with Gasteiger partial charge in [0.25, 0.3) is 0 Å². The van der Waals surface area contributed by atoms with E-state index in [1.807, 2.05) is 23.9 Å². The molecule has 2 heterocycles. The molecule has 5 nitrogen and oxygen atoms in total. The minimum atomic E-state index is 0.137. The van der Waals surface area contributed by atoms with E-state index in [2.05, 4.69) is 39.6 Å². The lowest BCUT2D eigenvalue weighted by Crippen LogP contribution is -2.37. The monoisotopic (exact) mass is 312 g/mol. The average molecular weight is 312 g/mol. The third-order valence-electron chi connectivity index (χ3n) is 4.42. The molecule has 1 fully saturated rings. The first-order valence-corrected chi connectivity index (χ1v) is 8.23. The fourth-order valence-corrected chi connectivity index (χ4v) is 3.12. The smallest absolute Gasteiger partial charge is 0.220 e. The first-order chi connectivity index (χ1) is 11.2. The average Bonchev–Trinajstić information content (AvgIpc) is 3.15. The van der Waals surface area contributed by atoms with Gasteiger partial charge in [0, 0.05) is 51.0 Å². The lowest BCUT2D eigenvalue weighted by molar-refractivity contribution is -0.121. The zero-order valence-electron chi connectivity index (χ0n) is 13.6. The fourth-order valence-electron chi connectivity index (χ4n) is 3.12. The van der Waals surface area contributed by atoms with Crippen molar-refractivity contribution in [3.8, 4) is 0 Å². The molecule has 3 rings (SSSR count). The maximum absolute atomic E-state index is 12.1. The Hall–Kier alpha value is -2.14. The second-order valence-electron chi connectivity index (χ2n) is 6.22. The van der Waals surface area contributed by atoms with Crippen LogP contribution in [-0.2, 0) is 24.8 Å². The van der Waals surface area contributed by atoms with Crippen molar-refractivity contribution in [1.82, 2.24) is 20.0 Å². The second kappa shape index (κ2) is 7.42. The van der Waals surface area contributed by atoms with Crippen molar-refractivity contribution in [2.24, 2.45) is 7.05 Å². The molecule has 23 heavy (non-hydrogen) atoms. The molecule has 5 heteroatoms. The molecule has 0 unspecified atom stereocenters. The lowest BCUT2D eigenvalue weighted by Gasteiger charge is -2.16. The maximum Gasteiger partial charge on any atom is 0.220 e. The van der Waals surface area contributed by atoms with Crippen molar-refractivity contribution in [2.75, 3.05) is 13.1 Å². The Morgan fingerprint density at radius 3 is 2.87 bits per heavy atom. The van der Waals surface area contributed by atoms with Gasteiger partial charge < -0.3 is 5.32 Å². The number of benzene rings is 1. The van der Waals surface area contributed by atoms with E-state index in [1.54, 1.807) is 6.20 Å². The number of aryl methyl sites for hydroxylation is 2. The number of carbonyl (C=O) groups is 1. The minimum Gasteiger partial charge on any atom is -0.352 e. The van der Waals surface area contributed by atoms with Crippen LogP contribution in [0.3, 0.4) is 0 Å². The number of hydrogen-bond donors (Lipinski definition) is 1. The number of rotatable bonds is 6. The summed E-state index contributed by atoms with van der Waals surface area (Å²) in [4.78, 5) is 14.5. The van der Waals surface area contributed by atoms with Crippen LogP contribution in [-0.4, -0.2) is 39.7 Å². The van der Waals surface area contributed by atoms with Gasteiger partial charge in [0.1, 0.15) is 0 Å². The number of hydrogen-bond acceptors (Lipinski definition) is 3. The molecule has 1 N–H and O–H groups in total. The van der Waals surface area contributed by atoms with Gasteiger partial charge in [0.2, 0.25) is 5.91 Å². The number of nitrogens with zero attached hydrogens (tertiary/aromatic N) is 3. The highest BCUT2D eigenvalue weighted by molar-refractivity contribution is 5.76. The summed E-state index contributed by atoms with van der Waals surface area (Å²) in [6, 6.07) is 12.7. The van der Waals surface area contributed by atoms with Gasteiger partial charge in [-0.1, -0.05) is 30.3 Å². The Labute approximate surface area is 137 Å². The van der Waals surface area contributed by atoms with Gasteiger partial charge in [-0.15, -0.1) is 0 Å². The van der Waals surface area contributed by atoms with Crippen LogP contribution in [0.25, 0.3) is 0 Å². The van der Waals surface area contributed by atoms with E-state index in [9.17, 15) is 4.79 Å². The predicted molar refractivity (Wildman–Crippen MR) is 89.8 cm³/mol. The molecule has 1 saturated heterocycles. The minimum absolute atomic E-state index is 0.137. The fraction of sp³-hybridized carbons (Fsp3) is 0.444. The first kappa shape index (κ1) is 15.7. The van der Waals surface area contributed by atoms with Crippen LogP contribution < -0.4 is 5.32 Å². The maximum atomic E-state index is 12.1. The van der Waals surface area contributed by atoms with Crippen LogP contribution in [0.2, 0.25) is 0 Å². The lowest BCUT2D eigenvalue weighted by atomic mass is 10.2. The molecule has 1 aliphatic rings. The third kappa shape index (κ3) is 4.42. The van der Waals surface area contributed by atoms with Crippen molar-refractivity contribution >= 4 is 5.91 Å². The number of carbonyl (C=O) groups excluding carboxylic acids is 1. The number of likely N-dealkylation sites (tertiary alicyclic amines) is 1. The summed E-state index contributed by atoms with van der Waals surface area (Å²) < 4.78 is 1.82. The first-order valence-electron chi connectivity index (χ1n) is 8.23. The van der Waals surface area contributed by atoms with E-state index in [0.717, 1.165) is 38.2 Å². The van der Waals surface area contributed by atoms with Crippen molar-refractivity contribution in [3.05, 3.63) is 53.9 Å². The second-order valence-corrected chi connectivity index (χ2v) is 6.22. The van der Waals surface area contributed by atoms with E-state index >= 15 is 0 Å². The predicted octanol–water partition coefficient (Wildman–Crippen LogP) is 1.74. The van der Waals surface area contributed by atoms with E-state index in [1.165, 1.54) is 5.56 Å². The molecule has 0 aliphatic carbocycles. The van der Waals surface area contributed by atoms with Crippen LogP contribution in [0.4, 0.5) is 0 Å². The van der Waals surface area contributed by atoms with Gasteiger partial charge in [-0.3, -0.25) is 14.4 Å². The van der Waals surface area contributed by atoms with Crippen molar-refractivity contribution < 1.29 is 4.79 Å². The van der Waals surface area contributed by atoms with Crippen LogP contribution in [0.5, 0.6) is 0 Å². The van der Waals surface area contributed by atoms with Crippen LogP contribution in [0.15, 0.2) is 42.6 Å². The van der Waals surface area contributed by atoms with Gasteiger partial charge in [-0.2, -0.15) is 5.10 Å². The highest BCUT2D eigenvalue weighted by atomic mass is 16.1. The topological polar surface area (TPSA) is 50.2 Å². The van der Waals surface area contributed by atoms with Gasteiger partial charge in [-0.05, 0) is 24.5 Å². The zero-order chi connectivity index (χ0) is 16.1. The van der Waals surface area contributed by atoms with Gasteiger partial charge in [0.05, 0.1) is 0 Å². The Kier molecular flexibility index (Phi) is 5.08. The summed E-state index contributed by atoms with van der Waals surface area (Å²) in [6.07, 6.45) is 4.06. The Balaban J connectivity index is 1.41. The highest BCUT2D eigenvalue weighted by Crippen LogP contribution is 2.13. The van der Waals surface area contributed by atoms with Crippen molar-refractivity contribution in [2.45, 2.75) is 31.8 Å². The summed E-state index contributed by atoms with van der Waals surface area (Å²) in [5, 5.41) is 7.29. The molecular weight excluding hydrogens is 288 g/mol. The number of aromatic nitrogens is 2. The van der Waals surface area contributed by atoms with Gasteiger partial charge in [-0.25, -0.2) is 0 Å². The summed E-state index contributed by atoms with van der Waals surface area (Å²) in [7, 11) is 1.91. The molecular formula is C18H24N4O. The van der Waals surface area contributed by atoms with E-state index < -0.39 is 0 Å².